The number of alkyl halides is 2. The van der Waals surface area contributed by atoms with Gasteiger partial charge in [0.05, 0.1) is 11.6 Å². The van der Waals surface area contributed by atoms with Gasteiger partial charge >= 0.3 is 0 Å². The van der Waals surface area contributed by atoms with E-state index in [9.17, 15) is 18.3 Å². The molecular formula is C19H14F3NO. The minimum atomic E-state index is -3.20. The Bertz CT molecular complexity index is 916. The Hall–Kier alpha value is -2.32. The van der Waals surface area contributed by atoms with E-state index in [1.54, 1.807) is 19.1 Å². The van der Waals surface area contributed by atoms with Crippen molar-refractivity contribution in [2.24, 2.45) is 0 Å². The molecule has 1 N–H and O–H groups in total. The number of nitrogens with zero attached hydrogens (tertiary/aromatic N) is 1. The Morgan fingerprint density at radius 3 is 2.58 bits per heavy atom. The molecule has 0 aliphatic heterocycles. The zero-order valence-electron chi connectivity index (χ0n) is 12.9. The fourth-order valence-electron chi connectivity index (χ4n) is 4.12. The number of nitriles is 1. The first-order chi connectivity index (χ1) is 11.2. The van der Waals surface area contributed by atoms with E-state index in [1.165, 1.54) is 12.1 Å². The highest BCUT2D eigenvalue weighted by Crippen LogP contribution is 2.59. The van der Waals surface area contributed by atoms with Crippen LogP contribution < -0.4 is 0 Å². The van der Waals surface area contributed by atoms with Crippen molar-refractivity contribution in [3.05, 3.63) is 58.4 Å². The van der Waals surface area contributed by atoms with Crippen LogP contribution in [0.4, 0.5) is 13.2 Å². The van der Waals surface area contributed by atoms with Crippen LogP contribution in [0.5, 0.6) is 0 Å². The Balaban J connectivity index is 1.94. The van der Waals surface area contributed by atoms with Crippen molar-refractivity contribution in [2.45, 2.75) is 37.2 Å². The lowest BCUT2D eigenvalue weighted by molar-refractivity contribution is -0.175. The summed E-state index contributed by atoms with van der Waals surface area (Å²) in [6, 6.07) is 9.17. The van der Waals surface area contributed by atoms with Crippen LogP contribution in [0, 0.1) is 17.1 Å². The molecule has 0 heterocycles. The molecular weight excluding hydrogens is 315 g/mol. The summed E-state index contributed by atoms with van der Waals surface area (Å²) in [6.07, 6.45) is -0.537. The van der Waals surface area contributed by atoms with Crippen molar-refractivity contribution in [2.75, 3.05) is 0 Å². The van der Waals surface area contributed by atoms with Gasteiger partial charge < -0.3 is 5.11 Å². The van der Waals surface area contributed by atoms with Gasteiger partial charge in [-0.05, 0) is 58.4 Å². The average molecular weight is 329 g/mol. The van der Waals surface area contributed by atoms with Crippen LogP contribution >= 0.6 is 0 Å². The molecule has 5 heteroatoms. The summed E-state index contributed by atoms with van der Waals surface area (Å²) in [5, 5.41) is 19.5. The van der Waals surface area contributed by atoms with E-state index in [0.717, 1.165) is 6.07 Å². The highest BCUT2D eigenvalue weighted by Gasteiger charge is 2.63. The van der Waals surface area contributed by atoms with Gasteiger partial charge in [0, 0.05) is 6.42 Å². The summed E-state index contributed by atoms with van der Waals surface area (Å²) in [7, 11) is 0. The molecule has 0 aromatic heterocycles. The molecule has 2 aliphatic rings. The quantitative estimate of drug-likeness (QED) is 0.850. The van der Waals surface area contributed by atoms with E-state index in [-0.39, 0.29) is 17.9 Å². The lowest BCUT2D eigenvalue weighted by atomic mass is 9.93. The smallest absolute Gasteiger partial charge is 0.284 e. The molecule has 2 aromatic rings. The molecule has 2 atom stereocenters. The van der Waals surface area contributed by atoms with Gasteiger partial charge in [0.1, 0.15) is 5.82 Å². The molecule has 2 aromatic carbocycles. The third-order valence-corrected chi connectivity index (χ3v) is 5.17. The number of aliphatic hydroxyl groups is 1. The lowest BCUT2D eigenvalue weighted by Gasteiger charge is -2.27. The molecule has 2 unspecified atom stereocenters. The number of benzene rings is 2. The summed E-state index contributed by atoms with van der Waals surface area (Å²) in [5.74, 6) is -3.96. The molecule has 0 spiro atoms. The molecule has 4 rings (SSSR count). The normalized spacial score (nSPS) is 26.2. The average Bonchev–Trinajstić information content (AvgIpc) is 2.89. The van der Waals surface area contributed by atoms with Crippen LogP contribution in [0.15, 0.2) is 30.3 Å². The van der Waals surface area contributed by atoms with Crippen LogP contribution in [0.2, 0.25) is 0 Å². The molecule has 0 saturated heterocycles. The molecule has 0 radical (unpaired) electrons. The van der Waals surface area contributed by atoms with Gasteiger partial charge in [-0.1, -0.05) is 19.1 Å². The first-order valence-electron chi connectivity index (χ1n) is 7.74. The second-order valence-corrected chi connectivity index (χ2v) is 6.79. The largest absolute Gasteiger partial charge is 0.379 e. The predicted octanol–water partition coefficient (Wildman–Crippen LogP) is 4.25. The number of hydrogen-bond acceptors (Lipinski definition) is 2. The van der Waals surface area contributed by atoms with Crippen molar-refractivity contribution in [3.8, 4) is 17.2 Å². The summed E-state index contributed by atoms with van der Waals surface area (Å²) in [6.45, 7) is 1.80. The minimum absolute atomic E-state index is 0.0155. The first-order valence-corrected chi connectivity index (χ1v) is 7.74. The Morgan fingerprint density at radius 2 is 1.88 bits per heavy atom. The maximum atomic E-state index is 14.4. The second kappa shape index (κ2) is 4.61. The van der Waals surface area contributed by atoms with E-state index in [4.69, 9.17) is 5.26 Å². The molecule has 2 aliphatic carbocycles. The number of rotatable bonds is 1. The summed E-state index contributed by atoms with van der Waals surface area (Å²) >= 11 is 0. The predicted molar refractivity (Wildman–Crippen MR) is 82.1 cm³/mol. The van der Waals surface area contributed by atoms with Crippen LogP contribution in [0.1, 0.15) is 41.5 Å². The number of hydrogen-bond donors (Lipinski definition) is 1. The molecule has 122 valence electrons. The van der Waals surface area contributed by atoms with Crippen molar-refractivity contribution in [1.82, 2.24) is 0 Å². The number of halogens is 3. The van der Waals surface area contributed by atoms with Crippen LogP contribution in [0.25, 0.3) is 11.1 Å². The molecule has 0 saturated carbocycles. The van der Waals surface area contributed by atoms with Gasteiger partial charge in [0.25, 0.3) is 5.92 Å². The van der Waals surface area contributed by atoms with Crippen molar-refractivity contribution in [3.63, 3.8) is 0 Å². The minimum Gasteiger partial charge on any atom is -0.379 e. The molecule has 24 heavy (non-hydrogen) atoms. The lowest BCUT2D eigenvalue weighted by Crippen LogP contribution is -2.40. The van der Waals surface area contributed by atoms with Gasteiger partial charge in [-0.25, -0.2) is 13.2 Å². The maximum Gasteiger partial charge on any atom is 0.284 e. The third-order valence-electron chi connectivity index (χ3n) is 5.17. The first kappa shape index (κ1) is 15.2. The van der Waals surface area contributed by atoms with Crippen LogP contribution in [0.3, 0.4) is 0 Å². The van der Waals surface area contributed by atoms with Gasteiger partial charge in [-0.3, -0.25) is 0 Å². The fraction of sp³-hybridized carbons (Fsp3) is 0.316. The molecule has 2 nitrogen and oxygen atoms in total. The summed E-state index contributed by atoms with van der Waals surface area (Å²) in [4.78, 5) is 0. The van der Waals surface area contributed by atoms with Crippen LogP contribution in [-0.4, -0.2) is 11.0 Å². The molecule has 0 amide bonds. The highest BCUT2D eigenvalue weighted by atomic mass is 19.3. The molecule has 0 fully saturated rings. The van der Waals surface area contributed by atoms with Crippen LogP contribution in [-0.2, 0) is 12.0 Å². The van der Waals surface area contributed by atoms with E-state index >= 15 is 0 Å². The van der Waals surface area contributed by atoms with E-state index < -0.39 is 23.8 Å². The Labute approximate surface area is 137 Å². The third kappa shape index (κ3) is 1.87. The monoisotopic (exact) mass is 329 g/mol. The van der Waals surface area contributed by atoms with E-state index in [2.05, 4.69) is 0 Å². The molecule has 0 bridgehead atoms. The standard InChI is InChI=1S/C19H14F3NO/c1-10-7-18(24)17-14(8-19(18,21)22)4-13(6-16(10)17)12-2-11(9-23)3-15(20)5-12/h2-6,10,24H,7-8H2,1H3. The van der Waals surface area contributed by atoms with Gasteiger partial charge in [0.15, 0.2) is 5.60 Å². The van der Waals surface area contributed by atoms with E-state index in [1.807, 2.05) is 6.07 Å². The van der Waals surface area contributed by atoms with Gasteiger partial charge in [-0.15, -0.1) is 0 Å². The zero-order chi connectivity index (χ0) is 17.3. The highest BCUT2D eigenvalue weighted by molar-refractivity contribution is 5.70. The van der Waals surface area contributed by atoms with Crippen molar-refractivity contribution in [1.29, 1.82) is 5.26 Å². The summed E-state index contributed by atoms with van der Waals surface area (Å²) in [5.41, 5.74) is 0.566. The fourth-order valence-corrected chi connectivity index (χ4v) is 4.12. The summed E-state index contributed by atoms with van der Waals surface area (Å²) < 4.78 is 42.4. The van der Waals surface area contributed by atoms with E-state index in [0.29, 0.717) is 27.8 Å². The van der Waals surface area contributed by atoms with Crippen molar-refractivity contribution < 1.29 is 18.3 Å². The Kier molecular flexibility index (Phi) is 2.92. The van der Waals surface area contributed by atoms with Gasteiger partial charge in [-0.2, -0.15) is 5.26 Å². The SMILES string of the molecule is CC1CC2(O)c3c(cc(-c4cc(F)cc(C#N)c4)cc31)CC2(F)F. The Morgan fingerprint density at radius 1 is 1.17 bits per heavy atom. The maximum absolute atomic E-state index is 14.4. The van der Waals surface area contributed by atoms with Gasteiger partial charge in [0.2, 0.25) is 0 Å². The zero-order valence-corrected chi connectivity index (χ0v) is 12.9. The van der Waals surface area contributed by atoms with Crippen molar-refractivity contribution >= 4 is 0 Å². The topological polar surface area (TPSA) is 44.0 Å². The second-order valence-electron chi connectivity index (χ2n) is 6.79.